The van der Waals surface area contributed by atoms with E-state index >= 15 is 0 Å². The zero-order valence-corrected chi connectivity index (χ0v) is 22.5. The molecule has 2 heterocycles. The molecule has 206 valence electrons. The van der Waals surface area contributed by atoms with Gasteiger partial charge in [-0.3, -0.25) is 14.4 Å². The Morgan fingerprint density at radius 1 is 1.05 bits per heavy atom. The number of hydrogen-bond acceptors (Lipinski definition) is 8. The number of thiocarbonyl (C=S) groups is 1. The fourth-order valence-corrected chi connectivity index (χ4v) is 4.65. The van der Waals surface area contributed by atoms with Crippen LogP contribution in [0.3, 0.4) is 0 Å². The number of Topliss-reactive ketones (excluding diaryl/α,β-unsaturated/α-hetero) is 1. The summed E-state index contributed by atoms with van der Waals surface area (Å²) in [4.78, 5) is 34.6. The molecule has 3 atom stereocenters. The number of carboxylic acid groups (broad SMARTS) is 2. The van der Waals surface area contributed by atoms with Crippen molar-refractivity contribution in [3.05, 3.63) is 90.2 Å². The molecule has 2 aliphatic heterocycles. The second-order valence-electron chi connectivity index (χ2n) is 9.10. The molecule has 0 spiro atoms. The number of aliphatic carboxylic acids is 2. The standard InChI is InChI=1S/C16H17NO3.C13H16N2O3S/c17-15(16(18)19)10-12-6-8-14(9-7-12)20-11-13-4-2-1-3-5-13;1-2-9(16)11-10(19)8-15(12(11)13(17)18)14-6-4-3-5-7-14/h1-9,15H,10-11,17H2,(H,18,19);3-6,11-12H,2,7-8H2,1H3,(H,17,18)/t15-;11?,12-/m00/s1. The molecule has 2 aliphatic rings. The lowest BCUT2D eigenvalue weighted by atomic mass is 9.94. The van der Waals surface area contributed by atoms with E-state index in [0.717, 1.165) is 16.9 Å². The average Bonchev–Trinajstić information content (AvgIpc) is 3.31. The summed E-state index contributed by atoms with van der Waals surface area (Å²) in [5.74, 6) is -2.03. The first-order chi connectivity index (χ1) is 18.7. The second kappa shape index (κ2) is 14.3. The van der Waals surface area contributed by atoms with Gasteiger partial charge in [0.15, 0.2) is 0 Å². The van der Waals surface area contributed by atoms with Crippen molar-refractivity contribution in [3.63, 3.8) is 0 Å². The molecule has 0 saturated carbocycles. The predicted molar refractivity (Wildman–Crippen MR) is 151 cm³/mol. The molecule has 0 amide bonds. The highest BCUT2D eigenvalue weighted by atomic mass is 32.1. The first-order valence-electron chi connectivity index (χ1n) is 12.6. The van der Waals surface area contributed by atoms with Gasteiger partial charge in [-0.15, -0.1) is 0 Å². The molecule has 10 heteroatoms. The van der Waals surface area contributed by atoms with Crippen molar-refractivity contribution in [2.45, 2.75) is 38.5 Å². The summed E-state index contributed by atoms with van der Waals surface area (Å²) in [6, 6.07) is 15.5. The lowest BCUT2D eigenvalue weighted by molar-refractivity contribution is -0.151. The van der Waals surface area contributed by atoms with Crippen LogP contribution < -0.4 is 10.5 Å². The van der Waals surface area contributed by atoms with E-state index in [4.69, 9.17) is 27.8 Å². The molecule has 4 rings (SSSR count). The van der Waals surface area contributed by atoms with Crippen LogP contribution in [0.25, 0.3) is 0 Å². The second-order valence-corrected chi connectivity index (χ2v) is 9.63. The van der Waals surface area contributed by atoms with Crippen molar-refractivity contribution in [1.29, 1.82) is 0 Å². The molecule has 4 N–H and O–H groups in total. The van der Waals surface area contributed by atoms with Crippen molar-refractivity contribution in [2.24, 2.45) is 11.7 Å². The maximum absolute atomic E-state index is 11.9. The van der Waals surface area contributed by atoms with E-state index in [1.165, 1.54) is 0 Å². The number of benzene rings is 2. The molecule has 1 saturated heterocycles. The van der Waals surface area contributed by atoms with Crippen molar-refractivity contribution in [3.8, 4) is 5.75 Å². The third-order valence-corrected chi connectivity index (χ3v) is 6.71. The molecule has 39 heavy (non-hydrogen) atoms. The lowest BCUT2D eigenvalue weighted by Crippen LogP contribution is -2.49. The minimum Gasteiger partial charge on any atom is -0.489 e. The molecule has 0 bridgehead atoms. The summed E-state index contributed by atoms with van der Waals surface area (Å²) in [6.07, 6.45) is 8.08. The Bertz CT molecular complexity index is 1220. The molecule has 2 aromatic rings. The minimum absolute atomic E-state index is 0.101. The Kier molecular flexibility index (Phi) is 10.9. The number of rotatable bonds is 10. The molecular weight excluding hydrogens is 518 g/mol. The first-order valence-corrected chi connectivity index (χ1v) is 13.0. The van der Waals surface area contributed by atoms with Gasteiger partial charge in [0.2, 0.25) is 0 Å². The van der Waals surface area contributed by atoms with Crippen molar-refractivity contribution < 1.29 is 29.3 Å². The lowest BCUT2D eigenvalue weighted by Gasteiger charge is -2.34. The monoisotopic (exact) mass is 551 g/mol. The number of carbonyl (C=O) groups excluding carboxylic acids is 1. The summed E-state index contributed by atoms with van der Waals surface area (Å²) < 4.78 is 5.65. The molecular formula is C29H33N3O6S. The molecule has 1 fully saturated rings. The van der Waals surface area contributed by atoms with Crippen LogP contribution in [0.1, 0.15) is 24.5 Å². The van der Waals surface area contributed by atoms with Gasteiger partial charge in [-0.05, 0) is 35.8 Å². The van der Waals surface area contributed by atoms with Gasteiger partial charge in [0, 0.05) is 17.5 Å². The third-order valence-electron chi connectivity index (χ3n) is 6.32. The summed E-state index contributed by atoms with van der Waals surface area (Å²) in [5, 5.41) is 21.7. The molecule has 2 aromatic carbocycles. The van der Waals surface area contributed by atoms with Crippen molar-refractivity contribution in [2.75, 3.05) is 13.1 Å². The fourth-order valence-electron chi connectivity index (χ4n) is 4.25. The van der Waals surface area contributed by atoms with E-state index in [0.29, 0.717) is 37.4 Å². The highest BCUT2D eigenvalue weighted by molar-refractivity contribution is 7.80. The van der Waals surface area contributed by atoms with Crippen LogP contribution in [0, 0.1) is 5.92 Å². The smallest absolute Gasteiger partial charge is 0.323 e. The number of ketones is 1. The average molecular weight is 552 g/mol. The van der Waals surface area contributed by atoms with E-state index in [-0.39, 0.29) is 5.78 Å². The Morgan fingerprint density at radius 2 is 1.74 bits per heavy atom. The largest absolute Gasteiger partial charge is 0.489 e. The maximum Gasteiger partial charge on any atom is 0.323 e. The molecule has 0 radical (unpaired) electrons. The zero-order valence-electron chi connectivity index (χ0n) is 21.7. The van der Waals surface area contributed by atoms with E-state index in [1.807, 2.05) is 72.8 Å². The predicted octanol–water partition coefficient (Wildman–Crippen LogP) is 3.24. The summed E-state index contributed by atoms with van der Waals surface area (Å²) >= 11 is 5.23. The summed E-state index contributed by atoms with van der Waals surface area (Å²) in [5.41, 5.74) is 7.47. The van der Waals surface area contributed by atoms with Crippen LogP contribution in [0.2, 0.25) is 0 Å². The van der Waals surface area contributed by atoms with Crippen molar-refractivity contribution in [1.82, 2.24) is 10.0 Å². The Hall–Kier alpha value is -3.86. The third kappa shape index (κ3) is 8.31. The number of hydrogen-bond donors (Lipinski definition) is 3. The Morgan fingerprint density at radius 3 is 2.31 bits per heavy atom. The highest BCUT2D eigenvalue weighted by Gasteiger charge is 2.47. The van der Waals surface area contributed by atoms with Crippen LogP contribution in [0.5, 0.6) is 5.75 Å². The van der Waals surface area contributed by atoms with Crippen LogP contribution in [-0.4, -0.2) is 68.0 Å². The van der Waals surface area contributed by atoms with Crippen molar-refractivity contribution >= 4 is 34.8 Å². The number of hydrazine groups is 1. The number of carboxylic acids is 2. The van der Waals surface area contributed by atoms with Gasteiger partial charge >= 0.3 is 11.9 Å². The van der Waals surface area contributed by atoms with Gasteiger partial charge < -0.3 is 25.7 Å². The first kappa shape index (κ1) is 29.7. The number of nitrogens with two attached hydrogens (primary N) is 1. The number of nitrogens with zero attached hydrogens (tertiary/aromatic N) is 2. The van der Waals surface area contributed by atoms with Crippen LogP contribution in [-0.2, 0) is 27.4 Å². The van der Waals surface area contributed by atoms with E-state index in [9.17, 15) is 19.5 Å². The van der Waals surface area contributed by atoms with E-state index in [1.54, 1.807) is 23.1 Å². The molecule has 9 nitrogen and oxygen atoms in total. The topological polar surface area (TPSA) is 133 Å². The van der Waals surface area contributed by atoms with Gasteiger partial charge in [0.25, 0.3) is 0 Å². The molecule has 0 aliphatic carbocycles. The minimum atomic E-state index is -1.00. The van der Waals surface area contributed by atoms with E-state index in [2.05, 4.69) is 0 Å². The number of ether oxygens (including phenoxy) is 1. The SMILES string of the molecule is CCC(=O)C1C(=S)CN(N2C=CC=CC2)[C@@H]1C(=O)O.N[C@@H](Cc1ccc(OCc2ccccc2)cc1)C(=O)O. The van der Waals surface area contributed by atoms with Gasteiger partial charge in [-0.2, -0.15) is 0 Å². The zero-order chi connectivity index (χ0) is 28.4. The van der Waals surface area contributed by atoms with Gasteiger partial charge in [-0.25, -0.2) is 5.01 Å². The normalized spacial score (nSPS) is 19.2. The van der Waals surface area contributed by atoms with Gasteiger partial charge in [0.05, 0.1) is 19.0 Å². The Balaban J connectivity index is 0.000000216. The quantitative estimate of drug-likeness (QED) is 0.378. The summed E-state index contributed by atoms with van der Waals surface area (Å²) in [7, 11) is 0. The van der Waals surface area contributed by atoms with Gasteiger partial charge in [0.1, 0.15) is 30.2 Å². The van der Waals surface area contributed by atoms with E-state index < -0.39 is 29.9 Å². The number of allylic oxidation sites excluding steroid dienone is 2. The summed E-state index contributed by atoms with van der Waals surface area (Å²) in [6.45, 7) is 3.17. The Labute approximate surface area is 233 Å². The number of carbonyl (C=O) groups is 3. The molecule has 1 unspecified atom stereocenters. The molecule has 0 aromatic heterocycles. The maximum atomic E-state index is 11.9. The van der Waals surface area contributed by atoms with Crippen LogP contribution in [0.15, 0.2) is 79.0 Å². The van der Waals surface area contributed by atoms with Gasteiger partial charge in [-0.1, -0.05) is 73.8 Å². The van der Waals surface area contributed by atoms with Crippen LogP contribution in [0.4, 0.5) is 0 Å². The van der Waals surface area contributed by atoms with Crippen LogP contribution >= 0.6 is 12.2 Å². The fraction of sp³-hybridized carbons (Fsp3) is 0.310. The highest BCUT2D eigenvalue weighted by Crippen LogP contribution is 2.27.